The molecule has 0 fully saturated rings. The van der Waals surface area contributed by atoms with Gasteiger partial charge in [0, 0.05) is 30.7 Å². The smallest absolute Gasteiger partial charge is 0.324 e. The maximum absolute atomic E-state index is 14.8. The van der Waals surface area contributed by atoms with Gasteiger partial charge in [-0.05, 0) is 43.7 Å². The quantitative estimate of drug-likeness (QED) is 0.336. The molecule has 0 amide bonds. The third kappa shape index (κ3) is 4.79. The highest BCUT2D eigenvalue weighted by molar-refractivity contribution is 6.34. The Bertz CT molecular complexity index is 1810. The number of fused-ring (bicyclic) bond motifs is 1. The van der Waals surface area contributed by atoms with Crippen LogP contribution >= 0.6 is 11.6 Å². The van der Waals surface area contributed by atoms with E-state index in [0.717, 1.165) is 26.7 Å². The molecular formula is C24H22ClF2N9O2. The molecule has 196 valence electrons. The number of benzene rings is 2. The molecule has 0 bridgehead atoms. The second-order valence-electron chi connectivity index (χ2n) is 8.70. The summed E-state index contributed by atoms with van der Waals surface area (Å²) in [5, 5.41) is 12.4. The molecule has 2 aromatic carbocycles. The van der Waals surface area contributed by atoms with Crippen molar-refractivity contribution >= 4 is 34.1 Å². The summed E-state index contributed by atoms with van der Waals surface area (Å²) in [6.07, 6.45) is 3.24. The van der Waals surface area contributed by atoms with Gasteiger partial charge in [-0.1, -0.05) is 11.6 Å². The third-order valence-electron chi connectivity index (χ3n) is 5.96. The Morgan fingerprint density at radius 2 is 1.82 bits per heavy atom. The van der Waals surface area contributed by atoms with E-state index >= 15 is 0 Å². The van der Waals surface area contributed by atoms with Gasteiger partial charge < -0.3 is 5.32 Å². The molecule has 0 aliphatic carbocycles. The van der Waals surface area contributed by atoms with Crippen molar-refractivity contribution in [2.75, 3.05) is 5.32 Å². The molecule has 5 rings (SSSR count). The fraction of sp³-hybridized carbons (Fsp3) is 0.250. The molecule has 0 unspecified atom stereocenters. The Morgan fingerprint density at radius 1 is 1.03 bits per heavy atom. The number of anilines is 2. The Labute approximate surface area is 218 Å². The van der Waals surface area contributed by atoms with Crippen LogP contribution in [0.1, 0.15) is 23.9 Å². The van der Waals surface area contributed by atoms with Crippen LogP contribution in [0.25, 0.3) is 10.9 Å². The monoisotopic (exact) mass is 541 g/mol. The predicted octanol–water partition coefficient (Wildman–Crippen LogP) is 2.98. The van der Waals surface area contributed by atoms with Crippen molar-refractivity contribution in [3.8, 4) is 0 Å². The van der Waals surface area contributed by atoms with Crippen molar-refractivity contribution < 1.29 is 8.78 Å². The summed E-state index contributed by atoms with van der Waals surface area (Å²) < 4.78 is 34.1. The molecule has 3 aromatic heterocycles. The van der Waals surface area contributed by atoms with Crippen molar-refractivity contribution in [2.24, 2.45) is 7.05 Å². The van der Waals surface area contributed by atoms with Crippen LogP contribution in [-0.2, 0) is 26.7 Å². The lowest BCUT2D eigenvalue weighted by Crippen LogP contribution is -2.43. The van der Waals surface area contributed by atoms with E-state index in [4.69, 9.17) is 11.6 Å². The Balaban J connectivity index is 1.63. The van der Waals surface area contributed by atoms with Crippen LogP contribution in [0.2, 0.25) is 5.02 Å². The van der Waals surface area contributed by atoms with Crippen molar-refractivity contribution in [3.05, 3.63) is 91.4 Å². The molecule has 1 N–H and O–H groups in total. The zero-order valence-electron chi connectivity index (χ0n) is 20.6. The van der Waals surface area contributed by atoms with Crippen LogP contribution in [0.15, 0.2) is 46.4 Å². The lowest BCUT2D eigenvalue weighted by Gasteiger charge is -2.16. The summed E-state index contributed by atoms with van der Waals surface area (Å²) in [6.45, 7) is 3.35. The van der Waals surface area contributed by atoms with Gasteiger partial charge in [-0.25, -0.2) is 27.9 Å². The van der Waals surface area contributed by atoms with Gasteiger partial charge in [0.15, 0.2) is 5.82 Å². The first-order chi connectivity index (χ1) is 18.1. The summed E-state index contributed by atoms with van der Waals surface area (Å²) in [5.74, 6) is -1.34. The van der Waals surface area contributed by atoms with E-state index in [1.807, 2.05) is 13.1 Å². The second-order valence-corrected chi connectivity index (χ2v) is 9.11. The van der Waals surface area contributed by atoms with Gasteiger partial charge in [-0.2, -0.15) is 15.2 Å². The zero-order chi connectivity index (χ0) is 27.1. The molecule has 14 heteroatoms. The molecular weight excluding hydrogens is 520 g/mol. The maximum Gasteiger partial charge on any atom is 0.355 e. The van der Waals surface area contributed by atoms with Crippen LogP contribution in [0.4, 0.5) is 20.4 Å². The van der Waals surface area contributed by atoms with Crippen LogP contribution in [-0.4, -0.2) is 38.7 Å². The van der Waals surface area contributed by atoms with Gasteiger partial charge in [0.1, 0.15) is 18.0 Å². The van der Waals surface area contributed by atoms with E-state index < -0.39 is 29.6 Å². The number of hydrogen-bond acceptors (Lipinski definition) is 7. The van der Waals surface area contributed by atoms with E-state index in [0.29, 0.717) is 17.7 Å². The van der Waals surface area contributed by atoms with Crippen LogP contribution in [0, 0.1) is 18.6 Å². The first kappa shape index (κ1) is 25.3. The summed E-state index contributed by atoms with van der Waals surface area (Å²) in [4.78, 5) is 34.6. The molecule has 0 aliphatic rings. The number of nitrogens with zero attached hydrogens (tertiary/aromatic N) is 8. The predicted molar refractivity (Wildman–Crippen MR) is 137 cm³/mol. The highest BCUT2D eigenvalue weighted by Gasteiger charge is 2.19. The zero-order valence-corrected chi connectivity index (χ0v) is 21.4. The number of rotatable bonds is 7. The van der Waals surface area contributed by atoms with Gasteiger partial charge in [0.25, 0.3) is 0 Å². The minimum Gasteiger partial charge on any atom is -0.324 e. The summed E-state index contributed by atoms with van der Waals surface area (Å²) in [6, 6.07) is 5.38. The summed E-state index contributed by atoms with van der Waals surface area (Å²) in [5.41, 5.74) is -0.692. The summed E-state index contributed by atoms with van der Waals surface area (Å²) >= 11 is 6.46. The molecule has 0 saturated heterocycles. The van der Waals surface area contributed by atoms with Gasteiger partial charge in [0.05, 0.1) is 29.3 Å². The molecule has 0 aliphatic heterocycles. The molecule has 0 spiro atoms. The van der Waals surface area contributed by atoms with Crippen molar-refractivity contribution in [2.45, 2.75) is 33.5 Å². The first-order valence-electron chi connectivity index (χ1n) is 11.6. The Kier molecular flexibility index (Phi) is 6.53. The minimum absolute atomic E-state index is 0.105. The molecule has 11 nitrogen and oxygen atoms in total. The normalized spacial score (nSPS) is 11.4. The SMILES string of the molecule is CCn1cc2cc(Nc3nc(=O)n(Cc4ncn(C)n4)c(=O)n3Cc3cc(F)c(C)cc3F)c(Cl)cc2n1. The Hall–Kier alpha value is -4.39. The average molecular weight is 542 g/mol. The molecule has 38 heavy (non-hydrogen) atoms. The second kappa shape index (κ2) is 9.82. The van der Waals surface area contributed by atoms with E-state index in [1.54, 1.807) is 23.9 Å². The molecule has 5 aromatic rings. The number of halogens is 3. The molecule has 0 atom stereocenters. The van der Waals surface area contributed by atoms with E-state index in [1.165, 1.54) is 17.9 Å². The van der Waals surface area contributed by atoms with E-state index in [2.05, 4.69) is 25.5 Å². The van der Waals surface area contributed by atoms with E-state index in [-0.39, 0.29) is 34.5 Å². The average Bonchev–Trinajstić information content (AvgIpc) is 3.47. The standard InChI is InChI=1S/C24H22ClF2N9O2/c1-4-34-9-15-7-20(16(25)8-19(15)31-34)29-22-30-23(37)36(11-21-28-12-33(3)32-21)24(38)35(22)10-14-6-17(26)13(2)5-18(14)27/h5-9,12H,4,10-11H2,1-3H3,(H,29,30,37). The van der Waals surface area contributed by atoms with Crippen molar-refractivity contribution in [1.82, 2.24) is 38.7 Å². The topological polar surface area (TPSA) is 117 Å². The van der Waals surface area contributed by atoms with Gasteiger partial charge in [0.2, 0.25) is 5.95 Å². The van der Waals surface area contributed by atoms with Crippen molar-refractivity contribution in [1.29, 1.82) is 0 Å². The maximum atomic E-state index is 14.8. The lowest BCUT2D eigenvalue weighted by atomic mass is 10.1. The number of nitrogens with one attached hydrogen (secondary N) is 1. The molecule has 3 heterocycles. The van der Waals surface area contributed by atoms with Crippen molar-refractivity contribution in [3.63, 3.8) is 0 Å². The molecule has 0 saturated carbocycles. The fourth-order valence-corrected chi connectivity index (χ4v) is 4.16. The highest BCUT2D eigenvalue weighted by atomic mass is 35.5. The van der Waals surface area contributed by atoms with Gasteiger partial charge >= 0.3 is 11.4 Å². The van der Waals surface area contributed by atoms with Gasteiger partial charge in [-0.15, -0.1) is 0 Å². The van der Waals surface area contributed by atoms with E-state index in [9.17, 15) is 18.4 Å². The number of hydrogen-bond donors (Lipinski definition) is 1. The number of aryl methyl sites for hydroxylation is 3. The van der Waals surface area contributed by atoms with Crippen LogP contribution < -0.4 is 16.7 Å². The Morgan fingerprint density at radius 3 is 2.53 bits per heavy atom. The fourth-order valence-electron chi connectivity index (χ4n) is 3.95. The molecule has 0 radical (unpaired) electrons. The highest BCUT2D eigenvalue weighted by Crippen LogP contribution is 2.29. The van der Waals surface area contributed by atoms with Crippen LogP contribution in [0.3, 0.4) is 0 Å². The minimum atomic E-state index is -0.882. The first-order valence-corrected chi connectivity index (χ1v) is 11.9. The van der Waals surface area contributed by atoms with Gasteiger partial charge in [-0.3, -0.25) is 13.9 Å². The van der Waals surface area contributed by atoms with Crippen LogP contribution in [0.5, 0.6) is 0 Å². The number of aromatic nitrogens is 8. The lowest BCUT2D eigenvalue weighted by molar-refractivity contribution is 0.544. The summed E-state index contributed by atoms with van der Waals surface area (Å²) in [7, 11) is 1.64. The third-order valence-corrected chi connectivity index (χ3v) is 6.28. The largest absolute Gasteiger partial charge is 0.355 e.